The van der Waals surface area contributed by atoms with Crippen LogP contribution in [0.15, 0.2) is 0 Å². The average Bonchev–Trinajstić information content (AvgIpc) is 2.20. The molecule has 5 heteroatoms. The van der Waals surface area contributed by atoms with Crippen LogP contribution in [0.25, 0.3) is 0 Å². The summed E-state index contributed by atoms with van der Waals surface area (Å²) in [5, 5.41) is 11.2. The zero-order chi connectivity index (χ0) is 7.11. The van der Waals surface area contributed by atoms with Gasteiger partial charge in [0, 0.05) is 19.4 Å². The molecule has 10 heavy (non-hydrogen) atoms. The van der Waals surface area contributed by atoms with Gasteiger partial charge in [-0.25, -0.2) is 0 Å². The summed E-state index contributed by atoms with van der Waals surface area (Å²) in [4.78, 5) is 18.4. The van der Waals surface area contributed by atoms with E-state index in [0.29, 0.717) is 12.3 Å². The normalized spacial score (nSPS) is 14.6. The Morgan fingerprint density at radius 1 is 1.60 bits per heavy atom. The topological polar surface area (TPSA) is 69.2 Å². The minimum absolute atomic E-state index is 0. The van der Waals surface area contributed by atoms with E-state index < -0.39 is 6.47 Å². The molecule has 0 radical (unpaired) electrons. The van der Waals surface area contributed by atoms with Crippen molar-refractivity contribution < 1.29 is 33.6 Å². The zero-order valence-electron chi connectivity index (χ0n) is 5.92. The molecule has 0 unspecified atom stereocenters. The van der Waals surface area contributed by atoms with Gasteiger partial charge in [-0.2, -0.15) is 0 Å². The Hall–Kier alpha value is -0.303. The molecule has 0 aliphatic carbocycles. The summed E-state index contributed by atoms with van der Waals surface area (Å²) in [6.07, 6.45) is 0.736. The number of hydrogen-bond acceptors (Lipinski definition) is 4. The molecular formula is C5H8LiNO3. The van der Waals surface area contributed by atoms with E-state index in [1.807, 2.05) is 0 Å². The van der Waals surface area contributed by atoms with Crippen LogP contribution in [-0.2, 0) is 9.59 Å². The molecule has 0 bridgehead atoms. The summed E-state index contributed by atoms with van der Waals surface area (Å²) in [6.45, 7) is 0.985. The van der Waals surface area contributed by atoms with Crippen molar-refractivity contribution >= 4 is 12.3 Å². The zero-order valence-corrected chi connectivity index (χ0v) is 5.92. The SMILES string of the molecule is O=C1CCNC1.O=C[O-].[Li+]. The summed E-state index contributed by atoms with van der Waals surface area (Å²) in [7, 11) is 0. The number of Topliss-reactive ketones (excluding diaryl/α,β-unsaturated/α-hetero) is 1. The molecule has 0 saturated carbocycles. The van der Waals surface area contributed by atoms with Gasteiger partial charge in [-0.1, -0.05) is 0 Å². The molecule has 52 valence electrons. The Morgan fingerprint density at radius 2 is 2.10 bits per heavy atom. The van der Waals surface area contributed by atoms with Crippen molar-refractivity contribution in [3.05, 3.63) is 0 Å². The van der Waals surface area contributed by atoms with Crippen LogP contribution in [0.5, 0.6) is 0 Å². The van der Waals surface area contributed by atoms with Gasteiger partial charge in [-0.15, -0.1) is 0 Å². The number of hydrogen-bond donors (Lipinski definition) is 1. The maximum atomic E-state index is 10.2. The standard InChI is InChI=1S/C4H7NO.CH2O2.Li/c6-4-1-2-5-3-4;2-1-3;/h5H,1-3H2;1H,(H,2,3);/q;;+1/p-1. The second-order valence-electron chi connectivity index (χ2n) is 1.56. The van der Waals surface area contributed by atoms with Crippen LogP contribution in [0.3, 0.4) is 0 Å². The minimum Gasteiger partial charge on any atom is -0.554 e. The van der Waals surface area contributed by atoms with Gasteiger partial charge in [-0.3, -0.25) is 4.79 Å². The van der Waals surface area contributed by atoms with Crippen molar-refractivity contribution in [1.82, 2.24) is 5.32 Å². The maximum Gasteiger partial charge on any atom is 1.00 e. The number of ketones is 1. The van der Waals surface area contributed by atoms with E-state index in [0.717, 1.165) is 13.0 Å². The second kappa shape index (κ2) is 8.70. The van der Waals surface area contributed by atoms with Gasteiger partial charge in [0.25, 0.3) is 0 Å². The first-order chi connectivity index (χ1) is 4.31. The predicted octanol–water partition coefficient (Wildman–Crippen LogP) is -5.08. The number of carbonyl (C=O) groups excluding carboxylic acids is 2. The van der Waals surface area contributed by atoms with Crippen LogP contribution in [0.4, 0.5) is 0 Å². The Bertz CT molecular complexity index is 99.1. The number of carbonyl (C=O) groups is 2. The van der Waals surface area contributed by atoms with Crippen molar-refractivity contribution in [2.24, 2.45) is 0 Å². The van der Waals surface area contributed by atoms with Crippen molar-refractivity contribution in [2.45, 2.75) is 6.42 Å². The van der Waals surface area contributed by atoms with Crippen molar-refractivity contribution in [2.75, 3.05) is 13.1 Å². The first-order valence-corrected chi connectivity index (χ1v) is 2.59. The summed E-state index contributed by atoms with van der Waals surface area (Å²) >= 11 is 0. The molecule has 1 fully saturated rings. The molecule has 1 heterocycles. The third-order valence-electron chi connectivity index (χ3n) is 0.903. The molecule has 1 aliphatic heterocycles. The molecule has 1 aliphatic rings. The van der Waals surface area contributed by atoms with Crippen molar-refractivity contribution in [3.8, 4) is 0 Å². The Labute approximate surface area is 71.2 Å². The van der Waals surface area contributed by atoms with E-state index in [-0.39, 0.29) is 18.9 Å². The van der Waals surface area contributed by atoms with Crippen LogP contribution in [0.2, 0.25) is 0 Å². The van der Waals surface area contributed by atoms with E-state index >= 15 is 0 Å². The molecule has 1 saturated heterocycles. The molecular weight excluding hydrogens is 129 g/mol. The Balaban J connectivity index is 0. The first-order valence-electron chi connectivity index (χ1n) is 2.59. The number of rotatable bonds is 0. The third kappa shape index (κ3) is 7.70. The Morgan fingerprint density at radius 3 is 2.20 bits per heavy atom. The van der Waals surface area contributed by atoms with Gasteiger partial charge in [0.05, 0.1) is 6.54 Å². The number of carboxylic acid groups (broad SMARTS) is 1. The van der Waals surface area contributed by atoms with E-state index in [4.69, 9.17) is 9.90 Å². The van der Waals surface area contributed by atoms with Gasteiger partial charge >= 0.3 is 18.9 Å². The van der Waals surface area contributed by atoms with Crippen LogP contribution >= 0.6 is 0 Å². The van der Waals surface area contributed by atoms with Crippen LogP contribution in [0, 0.1) is 0 Å². The summed E-state index contributed by atoms with van der Waals surface area (Å²) in [6, 6.07) is 0. The fraction of sp³-hybridized carbons (Fsp3) is 0.600. The summed E-state index contributed by atoms with van der Waals surface area (Å²) in [5.41, 5.74) is 0. The van der Waals surface area contributed by atoms with Gasteiger partial charge in [0.15, 0.2) is 0 Å². The van der Waals surface area contributed by atoms with Crippen molar-refractivity contribution in [3.63, 3.8) is 0 Å². The second-order valence-corrected chi connectivity index (χ2v) is 1.56. The largest absolute Gasteiger partial charge is 1.00 e. The molecule has 1 rings (SSSR count). The molecule has 0 aromatic heterocycles. The molecule has 0 amide bonds. The van der Waals surface area contributed by atoms with E-state index in [1.54, 1.807) is 0 Å². The maximum absolute atomic E-state index is 10.2. The molecule has 1 N–H and O–H groups in total. The number of nitrogens with one attached hydrogen (secondary N) is 1. The molecule has 0 aromatic rings. The smallest absolute Gasteiger partial charge is 0.554 e. The van der Waals surface area contributed by atoms with Gasteiger partial charge in [0.1, 0.15) is 5.78 Å². The van der Waals surface area contributed by atoms with E-state index in [2.05, 4.69) is 5.32 Å². The molecule has 0 aromatic carbocycles. The first kappa shape index (κ1) is 12.4. The van der Waals surface area contributed by atoms with Gasteiger partial charge in [0.2, 0.25) is 0 Å². The van der Waals surface area contributed by atoms with Crippen LogP contribution in [-0.4, -0.2) is 25.3 Å². The van der Waals surface area contributed by atoms with Crippen LogP contribution < -0.4 is 29.3 Å². The van der Waals surface area contributed by atoms with Gasteiger partial charge in [-0.05, 0) is 0 Å². The summed E-state index contributed by atoms with van der Waals surface area (Å²) in [5.74, 6) is 0.343. The molecule has 0 atom stereocenters. The fourth-order valence-corrected chi connectivity index (χ4v) is 0.544. The van der Waals surface area contributed by atoms with E-state index in [9.17, 15) is 4.79 Å². The molecule has 0 spiro atoms. The van der Waals surface area contributed by atoms with E-state index in [1.165, 1.54) is 0 Å². The molecule has 4 nitrogen and oxygen atoms in total. The average molecular weight is 137 g/mol. The van der Waals surface area contributed by atoms with Crippen LogP contribution in [0.1, 0.15) is 6.42 Å². The third-order valence-corrected chi connectivity index (χ3v) is 0.903. The fourth-order valence-electron chi connectivity index (χ4n) is 0.544. The quantitative estimate of drug-likeness (QED) is 0.268. The summed E-state index contributed by atoms with van der Waals surface area (Å²) < 4.78 is 0. The predicted molar refractivity (Wildman–Crippen MR) is 28.6 cm³/mol. The van der Waals surface area contributed by atoms with Gasteiger partial charge < -0.3 is 15.2 Å². The van der Waals surface area contributed by atoms with Crippen molar-refractivity contribution in [1.29, 1.82) is 0 Å². The monoisotopic (exact) mass is 137 g/mol. The minimum atomic E-state index is -0.500. The Kier molecular flexibility index (Phi) is 10.8.